The number of hydrogen-bond acceptors (Lipinski definition) is 2. The van der Waals surface area contributed by atoms with Crippen LogP contribution < -0.4 is 5.32 Å². The molecule has 1 saturated heterocycles. The molecule has 2 heteroatoms. The van der Waals surface area contributed by atoms with Crippen molar-refractivity contribution in [1.82, 2.24) is 5.32 Å². The van der Waals surface area contributed by atoms with Gasteiger partial charge in [-0.25, -0.2) is 0 Å². The third kappa shape index (κ3) is 3.58. The molecule has 1 aliphatic heterocycles. The maximum Gasteiger partial charge on any atom is 0.0959 e. The maximum absolute atomic E-state index is 6.44. The second-order valence-corrected chi connectivity index (χ2v) is 6.65. The summed E-state index contributed by atoms with van der Waals surface area (Å²) >= 11 is 0. The summed E-state index contributed by atoms with van der Waals surface area (Å²) in [4.78, 5) is 0. The van der Waals surface area contributed by atoms with Crippen molar-refractivity contribution >= 4 is 0 Å². The third-order valence-electron chi connectivity index (χ3n) is 3.88. The van der Waals surface area contributed by atoms with E-state index in [2.05, 4.69) is 58.1 Å². The van der Waals surface area contributed by atoms with E-state index in [1.54, 1.807) is 0 Å². The molecule has 0 bridgehead atoms. The van der Waals surface area contributed by atoms with Crippen molar-refractivity contribution in [3.63, 3.8) is 0 Å². The van der Waals surface area contributed by atoms with Gasteiger partial charge in [0.1, 0.15) is 0 Å². The molecule has 1 aromatic carbocycles. The van der Waals surface area contributed by atoms with E-state index in [4.69, 9.17) is 4.74 Å². The lowest BCUT2D eigenvalue weighted by molar-refractivity contribution is -0.117. The number of hydrogen-bond donors (Lipinski definition) is 1. The van der Waals surface area contributed by atoms with Crippen LogP contribution in [0.4, 0.5) is 0 Å². The first-order valence-electron chi connectivity index (χ1n) is 7.35. The van der Waals surface area contributed by atoms with Crippen molar-refractivity contribution in [1.29, 1.82) is 0 Å². The van der Waals surface area contributed by atoms with Crippen LogP contribution in [-0.4, -0.2) is 18.7 Å². The van der Waals surface area contributed by atoms with Crippen molar-refractivity contribution in [2.24, 2.45) is 5.92 Å². The highest BCUT2D eigenvalue weighted by Crippen LogP contribution is 2.33. The first-order valence-corrected chi connectivity index (χ1v) is 7.35. The monoisotopic (exact) mass is 261 g/mol. The molecule has 1 N–H and O–H groups in total. The molecular weight excluding hydrogens is 234 g/mol. The Kier molecular flexibility index (Phi) is 4.32. The zero-order chi connectivity index (χ0) is 14.0. The van der Waals surface area contributed by atoms with Crippen LogP contribution in [0.3, 0.4) is 0 Å². The van der Waals surface area contributed by atoms with E-state index in [-0.39, 0.29) is 11.7 Å². The van der Waals surface area contributed by atoms with E-state index in [0.29, 0.717) is 5.92 Å². The van der Waals surface area contributed by atoms with Gasteiger partial charge in [0, 0.05) is 13.1 Å². The van der Waals surface area contributed by atoms with Crippen molar-refractivity contribution in [2.75, 3.05) is 13.1 Å². The van der Waals surface area contributed by atoms with Gasteiger partial charge >= 0.3 is 0 Å². The highest BCUT2D eigenvalue weighted by atomic mass is 16.5. The number of ether oxygens (including phenoxy) is 1. The lowest BCUT2D eigenvalue weighted by Crippen LogP contribution is -2.49. The highest BCUT2D eigenvalue weighted by Gasteiger charge is 2.34. The van der Waals surface area contributed by atoms with Gasteiger partial charge in [-0.05, 0) is 44.2 Å². The van der Waals surface area contributed by atoms with Gasteiger partial charge in [-0.2, -0.15) is 0 Å². The van der Waals surface area contributed by atoms with Crippen molar-refractivity contribution in [3.8, 4) is 0 Å². The molecule has 2 unspecified atom stereocenters. The quantitative estimate of drug-likeness (QED) is 0.894. The Bertz CT molecular complexity index is 441. The van der Waals surface area contributed by atoms with E-state index < -0.39 is 0 Å². The Balaban J connectivity index is 2.19. The Hall–Kier alpha value is -0.860. The third-order valence-corrected chi connectivity index (χ3v) is 3.88. The fourth-order valence-corrected chi connectivity index (χ4v) is 3.16. The molecule has 2 atom stereocenters. The second kappa shape index (κ2) is 5.64. The van der Waals surface area contributed by atoms with E-state index in [9.17, 15) is 0 Å². The number of nitrogens with one attached hydrogen (secondary N) is 1. The van der Waals surface area contributed by atoms with Gasteiger partial charge in [-0.3, -0.25) is 0 Å². The molecule has 1 fully saturated rings. The first-order chi connectivity index (χ1) is 8.89. The molecule has 0 radical (unpaired) electrons. The average molecular weight is 261 g/mol. The Morgan fingerprint density at radius 2 is 2.11 bits per heavy atom. The number of morpholine rings is 1. The fraction of sp³-hybridized carbons (Fsp3) is 0.647. The predicted octanol–water partition coefficient (Wildman–Crippen LogP) is 3.77. The molecule has 106 valence electrons. The summed E-state index contributed by atoms with van der Waals surface area (Å²) in [6.07, 6.45) is 1.28. The van der Waals surface area contributed by atoms with Crippen LogP contribution in [-0.2, 0) is 4.74 Å². The van der Waals surface area contributed by atoms with Crippen molar-refractivity contribution in [2.45, 2.75) is 52.7 Å². The topological polar surface area (TPSA) is 21.3 Å². The second-order valence-electron chi connectivity index (χ2n) is 6.65. The zero-order valence-electron chi connectivity index (χ0n) is 12.9. The Morgan fingerprint density at radius 1 is 1.37 bits per heavy atom. The molecule has 0 aromatic heterocycles. The van der Waals surface area contributed by atoms with Gasteiger partial charge in [0.2, 0.25) is 0 Å². The summed E-state index contributed by atoms with van der Waals surface area (Å²) in [7, 11) is 0. The van der Waals surface area contributed by atoms with Crippen LogP contribution in [0.1, 0.15) is 50.0 Å². The van der Waals surface area contributed by atoms with Crippen LogP contribution in [0, 0.1) is 19.8 Å². The van der Waals surface area contributed by atoms with Crippen LogP contribution in [0.15, 0.2) is 18.2 Å². The SMILES string of the molecule is Cc1ccc(C)c(C2CNCC(C)(CC(C)C)O2)c1. The zero-order valence-corrected chi connectivity index (χ0v) is 12.9. The van der Waals surface area contributed by atoms with Gasteiger partial charge in [0.25, 0.3) is 0 Å². The molecule has 1 heterocycles. The summed E-state index contributed by atoms with van der Waals surface area (Å²) in [6, 6.07) is 6.63. The maximum atomic E-state index is 6.44. The van der Waals surface area contributed by atoms with Gasteiger partial charge in [0.05, 0.1) is 11.7 Å². The van der Waals surface area contributed by atoms with Crippen molar-refractivity contribution in [3.05, 3.63) is 34.9 Å². The molecule has 0 spiro atoms. The smallest absolute Gasteiger partial charge is 0.0959 e. The summed E-state index contributed by atoms with van der Waals surface area (Å²) in [5.41, 5.74) is 3.92. The summed E-state index contributed by atoms with van der Waals surface area (Å²) in [5, 5.41) is 3.55. The number of aryl methyl sites for hydroxylation is 2. The van der Waals surface area contributed by atoms with Crippen molar-refractivity contribution < 1.29 is 4.74 Å². The fourth-order valence-electron chi connectivity index (χ4n) is 3.16. The lowest BCUT2D eigenvalue weighted by atomic mass is 9.91. The number of benzene rings is 1. The molecular formula is C17H27NO. The normalized spacial score (nSPS) is 27.8. The van der Waals surface area contributed by atoms with E-state index in [1.807, 2.05) is 0 Å². The molecule has 2 rings (SSSR count). The highest BCUT2D eigenvalue weighted by molar-refractivity contribution is 5.32. The summed E-state index contributed by atoms with van der Waals surface area (Å²) < 4.78 is 6.44. The van der Waals surface area contributed by atoms with E-state index in [0.717, 1.165) is 19.5 Å². The van der Waals surface area contributed by atoms with Gasteiger partial charge < -0.3 is 10.1 Å². The average Bonchev–Trinajstić information content (AvgIpc) is 2.30. The standard InChI is InChI=1S/C17H27NO/c1-12(2)9-17(5)11-18-10-16(19-17)15-8-13(3)6-7-14(15)4/h6-8,12,16,18H,9-11H2,1-5H3. The molecule has 1 aromatic rings. The van der Waals surface area contributed by atoms with Crippen LogP contribution in [0.25, 0.3) is 0 Å². The van der Waals surface area contributed by atoms with Crippen LogP contribution >= 0.6 is 0 Å². The Labute approximate surface area is 117 Å². The van der Waals surface area contributed by atoms with E-state index >= 15 is 0 Å². The minimum atomic E-state index is -0.0483. The lowest BCUT2D eigenvalue weighted by Gasteiger charge is -2.41. The van der Waals surface area contributed by atoms with Gasteiger partial charge in [-0.15, -0.1) is 0 Å². The number of rotatable bonds is 3. The molecule has 0 saturated carbocycles. The molecule has 0 amide bonds. The minimum Gasteiger partial charge on any atom is -0.365 e. The first kappa shape index (κ1) is 14.5. The van der Waals surface area contributed by atoms with E-state index in [1.165, 1.54) is 16.7 Å². The van der Waals surface area contributed by atoms with Gasteiger partial charge in [0.15, 0.2) is 0 Å². The van der Waals surface area contributed by atoms with Crippen LogP contribution in [0.2, 0.25) is 0 Å². The van der Waals surface area contributed by atoms with Crippen LogP contribution in [0.5, 0.6) is 0 Å². The summed E-state index contributed by atoms with van der Waals surface area (Å²) in [5.74, 6) is 0.657. The molecule has 1 aliphatic rings. The molecule has 19 heavy (non-hydrogen) atoms. The molecule has 2 nitrogen and oxygen atoms in total. The largest absolute Gasteiger partial charge is 0.365 e. The molecule has 0 aliphatic carbocycles. The summed E-state index contributed by atoms with van der Waals surface area (Å²) in [6.45, 7) is 12.9. The van der Waals surface area contributed by atoms with Gasteiger partial charge in [-0.1, -0.05) is 37.6 Å². The Morgan fingerprint density at radius 3 is 2.79 bits per heavy atom. The predicted molar refractivity (Wildman–Crippen MR) is 80.5 cm³/mol. The minimum absolute atomic E-state index is 0.0483.